The molecule has 1 rings (SSSR count). The highest BCUT2D eigenvalue weighted by atomic mass is 35.5. The van der Waals surface area contributed by atoms with Crippen molar-refractivity contribution in [1.29, 1.82) is 0 Å². The van der Waals surface area contributed by atoms with Crippen LogP contribution in [0.3, 0.4) is 0 Å². The van der Waals surface area contributed by atoms with Crippen molar-refractivity contribution >= 4 is 17.4 Å². The van der Waals surface area contributed by atoms with Gasteiger partial charge in [-0.2, -0.15) is 13.2 Å². The van der Waals surface area contributed by atoms with Crippen LogP contribution in [0.25, 0.3) is 0 Å². The molecule has 1 aromatic heterocycles. The molecule has 1 unspecified atom stereocenters. The second kappa shape index (κ2) is 6.10. The van der Waals surface area contributed by atoms with E-state index in [-0.39, 0.29) is 11.9 Å². The molecule has 1 N–H and O–H groups in total. The maximum atomic E-state index is 12.4. The Morgan fingerprint density at radius 1 is 1.41 bits per heavy atom. The topological polar surface area (TPSA) is 24.9 Å². The van der Waals surface area contributed by atoms with Crippen molar-refractivity contribution in [3.05, 3.63) is 23.9 Å². The summed E-state index contributed by atoms with van der Waals surface area (Å²) in [6, 6.07) is 3.86. The molecule has 0 spiro atoms. The van der Waals surface area contributed by atoms with Gasteiger partial charge in [0.25, 0.3) is 0 Å². The van der Waals surface area contributed by atoms with Crippen molar-refractivity contribution in [2.45, 2.75) is 32.0 Å². The maximum Gasteiger partial charge on any atom is 0.433 e. The third-order valence-corrected chi connectivity index (χ3v) is 2.47. The summed E-state index contributed by atoms with van der Waals surface area (Å²) in [6.45, 7) is 1.88. The molecule has 1 heterocycles. The molecular weight excluding hydrogens is 253 g/mol. The minimum Gasteiger partial charge on any atom is -0.368 e. The van der Waals surface area contributed by atoms with E-state index in [1.165, 1.54) is 12.1 Å². The van der Waals surface area contributed by atoms with Crippen molar-refractivity contribution in [1.82, 2.24) is 4.98 Å². The van der Waals surface area contributed by atoms with Gasteiger partial charge in [0.1, 0.15) is 11.5 Å². The highest BCUT2D eigenvalue weighted by Crippen LogP contribution is 2.28. The molecule has 0 aliphatic heterocycles. The van der Waals surface area contributed by atoms with Gasteiger partial charge in [0.05, 0.1) is 0 Å². The number of pyridine rings is 1. The average molecular weight is 267 g/mol. The Balaban J connectivity index is 2.66. The first-order valence-corrected chi connectivity index (χ1v) is 5.83. The van der Waals surface area contributed by atoms with Gasteiger partial charge in [-0.15, -0.1) is 11.6 Å². The van der Waals surface area contributed by atoms with Crippen LogP contribution in [0.2, 0.25) is 0 Å². The van der Waals surface area contributed by atoms with E-state index in [1.807, 2.05) is 6.92 Å². The molecule has 96 valence electrons. The summed E-state index contributed by atoms with van der Waals surface area (Å²) in [5.41, 5.74) is -0.882. The SMILES string of the molecule is CC(CCCCl)Nc1cccc(C(F)(F)F)n1. The molecule has 0 radical (unpaired) electrons. The Labute approximate surface area is 103 Å². The molecule has 1 atom stereocenters. The van der Waals surface area contributed by atoms with Crippen molar-refractivity contribution in [3.8, 4) is 0 Å². The number of nitrogens with zero attached hydrogens (tertiary/aromatic N) is 1. The van der Waals surface area contributed by atoms with Crippen molar-refractivity contribution in [2.24, 2.45) is 0 Å². The monoisotopic (exact) mass is 266 g/mol. The fraction of sp³-hybridized carbons (Fsp3) is 0.545. The van der Waals surface area contributed by atoms with E-state index in [0.717, 1.165) is 18.9 Å². The lowest BCUT2D eigenvalue weighted by Crippen LogP contribution is -2.17. The quantitative estimate of drug-likeness (QED) is 0.817. The highest BCUT2D eigenvalue weighted by molar-refractivity contribution is 6.17. The van der Waals surface area contributed by atoms with E-state index in [4.69, 9.17) is 11.6 Å². The molecule has 1 aromatic rings. The summed E-state index contributed by atoms with van der Waals surface area (Å²) in [6.07, 6.45) is -2.80. The Bertz CT molecular complexity index is 355. The van der Waals surface area contributed by atoms with Gasteiger partial charge >= 0.3 is 6.18 Å². The Morgan fingerprint density at radius 3 is 2.71 bits per heavy atom. The standard InChI is InChI=1S/C11H14ClF3N2/c1-8(4-3-7-12)16-10-6-2-5-9(17-10)11(13,14)15/h2,5-6,8H,3-4,7H2,1H3,(H,16,17). The Kier molecular flexibility index (Phi) is 5.05. The van der Waals surface area contributed by atoms with Gasteiger partial charge in [0.15, 0.2) is 0 Å². The van der Waals surface area contributed by atoms with Gasteiger partial charge in [-0.1, -0.05) is 6.07 Å². The van der Waals surface area contributed by atoms with Crippen LogP contribution in [0.4, 0.5) is 19.0 Å². The summed E-state index contributed by atoms with van der Waals surface area (Å²) in [5, 5.41) is 2.92. The van der Waals surface area contributed by atoms with Gasteiger partial charge in [-0.25, -0.2) is 4.98 Å². The van der Waals surface area contributed by atoms with Gasteiger partial charge in [0.2, 0.25) is 0 Å². The van der Waals surface area contributed by atoms with Gasteiger partial charge in [-0.3, -0.25) is 0 Å². The third kappa shape index (κ3) is 4.81. The van der Waals surface area contributed by atoms with Crippen LogP contribution in [0.15, 0.2) is 18.2 Å². The van der Waals surface area contributed by atoms with Crippen LogP contribution in [0.5, 0.6) is 0 Å². The second-order valence-corrected chi connectivity index (χ2v) is 4.16. The Morgan fingerprint density at radius 2 is 2.12 bits per heavy atom. The molecular formula is C11H14ClF3N2. The summed E-state index contributed by atoms with van der Waals surface area (Å²) in [5.74, 6) is 0.782. The zero-order valence-electron chi connectivity index (χ0n) is 9.39. The van der Waals surface area contributed by atoms with Crippen LogP contribution in [-0.2, 0) is 6.18 Å². The highest BCUT2D eigenvalue weighted by Gasteiger charge is 2.32. The lowest BCUT2D eigenvalue weighted by atomic mass is 10.2. The number of aromatic nitrogens is 1. The summed E-state index contributed by atoms with van der Waals surface area (Å²) in [4.78, 5) is 3.52. The van der Waals surface area contributed by atoms with Crippen LogP contribution < -0.4 is 5.32 Å². The molecule has 0 saturated heterocycles. The Hall–Kier alpha value is -0.970. The first-order valence-electron chi connectivity index (χ1n) is 5.30. The average Bonchev–Trinajstić information content (AvgIpc) is 2.25. The third-order valence-electron chi connectivity index (χ3n) is 2.20. The van der Waals surface area contributed by atoms with E-state index in [0.29, 0.717) is 5.88 Å². The molecule has 0 aliphatic carbocycles. The van der Waals surface area contributed by atoms with Gasteiger partial charge < -0.3 is 5.32 Å². The van der Waals surface area contributed by atoms with Crippen molar-refractivity contribution in [3.63, 3.8) is 0 Å². The van der Waals surface area contributed by atoms with Crippen LogP contribution >= 0.6 is 11.6 Å². The first kappa shape index (κ1) is 14.1. The molecule has 17 heavy (non-hydrogen) atoms. The fourth-order valence-corrected chi connectivity index (χ4v) is 1.54. The fourth-order valence-electron chi connectivity index (χ4n) is 1.38. The number of alkyl halides is 4. The number of rotatable bonds is 5. The lowest BCUT2D eigenvalue weighted by Gasteiger charge is -2.15. The smallest absolute Gasteiger partial charge is 0.368 e. The molecule has 6 heteroatoms. The number of nitrogens with one attached hydrogen (secondary N) is 1. The summed E-state index contributed by atoms with van der Waals surface area (Å²) in [7, 11) is 0. The molecule has 0 aromatic carbocycles. The van der Waals surface area contributed by atoms with Gasteiger partial charge in [0, 0.05) is 11.9 Å². The van der Waals surface area contributed by atoms with Crippen LogP contribution in [0.1, 0.15) is 25.5 Å². The van der Waals surface area contributed by atoms with E-state index < -0.39 is 11.9 Å². The second-order valence-electron chi connectivity index (χ2n) is 3.78. The molecule has 2 nitrogen and oxygen atoms in total. The van der Waals surface area contributed by atoms with E-state index in [2.05, 4.69) is 10.3 Å². The largest absolute Gasteiger partial charge is 0.433 e. The van der Waals surface area contributed by atoms with Crippen LogP contribution in [-0.4, -0.2) is 16.9 Å². The van der Waals surface area contributed by atoms with Crippen molar-refractivity contribution < 1.29 is 13.2 Å². The maximum absolute atomic E-state index is 12.4. The molecule has 0 fully saturated rings. The number of hydrogen-bond donors (Lipinski definition) is 1. The van der Waals surface area contributed by atoms with E-state index >= 15 is 0 Å². The molecule has 0 amide bonds. The lowest BCUT2D eigenvalue weighted by molar-refractivity contribution is -0.141. The molecule has 0 aliphatic rings. The summed E-state index contributed by atoms with van der Waals surface area (Å²) >= 11 is 5.54. The normalized spacial score (nSPS) is 13.5. The number of hydrogen-bond acceptors (Lipinski definition) is 2. The predicted molar refractivity (Wildman–Crippen MR) is 62.3 cm³/mol. The predicted octanol–water partition coefficient (Wildman–Crippen LogP) is 3.92. The first-order chi connectivity index (χ1) is 7.93. The van der Waals surface area contributed by atoms with E-state index in [1.54, 1.807) is 0 Å². The van der Waals surface area contributed by atoms with Gasteiger partial charge in [-0.05, 0) is 31.9 Å². The minimum atomic E-state index is -4.41. The number of halogens is 4. The zero-order valence-corrected chi connectivity index (χ0v) is 10.1. The van der Waals surface area contributed by atoms with Crippen molar-refractivity contribution in [2.75, 3.05) is 11.2 Å². The zero-order chi connectivity index (χ0) is 12.9. The molecule has 0 bridgehead atoms. The minimum absolute atomic E-state index is 0.0460. The summed E-state index contributed by atoms with van der Waals surface area (Å²) < 4.78 is 37.2. The van der Waals surface area contributed by atoms with E-state index in [9.17, 15) is 13.2 Å². The van der Waals surface area contributed by atoms with Crippen LogP contribution in [0, 0.1) is 0 Å². The number of anilines is 1. The molecule has 0 saturated carbocycles.